The first-order chi connectivity index (χ1) is 16.1. The summed E-state index contributed by atoms with van der Waals surface area (Å²) in [4.78, 5) is 23.8. The molecule has 1 saturated heterocycles. The molecule has 0 unspecified atom stereocenters. The fourth-order valence-corrected chi connectivity index (χ4v) is 4.26. The van der Waals surface area contributed by atoms with Crippen molar-refractivity contribution in [3.63, 3.8) is 0 Å². The van der Waals surface area contributed by atoms with E-state index < -0.39 is 5.82 Å². The van der Waals surface area contributed by atoms with Crippen molar-refractivity contribution in [1.82, 2.24) is 24.6 Å². The first-order valence-corrected chi connectivity index (χ1v) is 11.1. The van der Waals surface area contributed by atoms with E-state index in [9.17, 15) is 9.18 Å². The fraction of sp³-hybridized carbons (Fsp3) is 0.280. The van der Waals surface area contributed by atoms with Crippen molar-refractivity contribution in [3.05, 3.63) is 71.9 Å². The van der Waals surface area contributed by atoms with E-state index in [-0.39, 0.29) is 5.91 Å². The number of aryl methyl sites for hydroxylation is 1. The fourth-order valence-electron chi connectivity index (χ4n) is 4.26. The van der Waals surface area contributed by atoms with Gasteiger partial charge in [-0.15, -0.1) is 0 Å². The maximum Gasteiger partial charge on any atom is 0.256 e. The highest BCUT2D eigenvalue weighted by atomic mass is 19.1. The first kappa shape index (κ1) is 21.2. The second-order valence-corrected chi connectivity index (χ2v) is 8.36. The van der Waals surface area contributed by atoms with Crippen LogP contribution in [-0.2, 0) is 13.6 Å². The summed E-state index contributed by atoms with van der Waals surface area (Å²) in [5.74, 6) is -0.369. The van der Waals surface area contributed by atoms with Crippen LogP contribution in [0.1, 0.15) is 35.3 Å². The van der Waals surface area contributed by atoms with Gasteiger partial charge in [-0.25, -0.2) is 14.4 Å². The number of nitrogens with zero attached hydrogens (tertiary/aromatic N) is 5. The Morgan fingerprint density at radius 3 is 2.67 bits per heavy atom. The van der Waals surface area contributed by atoms with Gasteiger partial charge < -0.3 is 5.32 Å². The average Bonchev–Trinajstić information content (AvgIpc) is 3.20. The molecule has 7 nitrogen and oxygen atoms in total. The van der Waals surface area contributed by atoms with Crippen LogP contribution in [0.3, 0.4) is 0 Å². The topological polar surface area (TPSA) is 75.9 Å². The molecule has 5 rings (SSSR count). The van der Waals surface area contributed by atoms with Crippen molar-refractivity contribution < 1.29 is 9.18 Å². The molecule has 0 radical (unpaired) electrons. The molecule has 0 atom stereocenters. The summed E-state index contributed by atoms with van der Waals surface area (Å²) in [6, 6.07) is 11.9. The number of halogens is 1. The summed E-state index contributed by atoms with van der Waals surface area (Å²) in [5, 5.41) is 7.48. The van der Waals surface area contributed by atoms with Gasteiger partial charge in [0.05, 0.1) is 28.5 Å². The van der Waals surface area contributed by atoms with E-state index in [1.807, 2.05) is 17.8 Å². The van der Waals surface area contributed by atoms with Crippen LogP contribution in [-0.4, -0.2) is 43.6 Å². The quantitative estimate of drug-likeness (QED) is 0.494. The molecule has 1 aliphatic heterocycles. The third-order valence-corrected chi connectivity index (χ3v) is 6.08. The molecule has 0 saturated carbocycles. The van der Waals surface area contributed by atoms with Crippen LogP contribution in [0.25, 0.3) is 22.2 Å². The highest BCUT2D eigenvalue weighted by molar-refractivity contribution is 6.04. The number of carbonyl (C=O) groups excluding carboxylic acids is 1. The van der Waals surface area contributed by atoms with Gasteiger partial charge in [0.1, 0.15) is 11.6 Å². The maximum atomic E-state index is 15.0. The second kappa shape index (κ2) is 9.07. The van der Waals surface area contributed by atoms with E-state index in [0.717, 1.165) is 30.9 Å². The van der Waals surface area contributed by atoms with Gasteiger partial charge in [-0.1, -0.05) is 24.6 Å². The van der Waals surface area contributed by atoms with E-state index in [4.69, 9.17) is 4.98 Å². The zero-order valence-electron chi connectivity index (χ0n) is 18.5. The second-order valence-electron chi connectivity index (χ2n) is 8.36. The number of fused-ring (bicyclic) bond motifs is 1. The van der Waals surface area contributed by atoms with Crippen LogP contribution >= 0.6 is 0 Å². The molecule has 1 fully saturated rings. The smallest absolute Gasteiger partial charge is 0.256 e. The molecule has 4 heterocycles. The molecule has 1 aliphatic rings. The van der Waals surface area contributed by atoms with Gasteiger partial charge in [-0.05, 0) is 38.1 Å². The molecule has 1 N–H and O–H groups in total. The van der Waals surface area contributed by atoms with Crippen LogP contribution in [0.2, 0.25) is 0 Å². The molecule has 3 aromatic heterocycles. The number of nitrogens with one attached hydrogen (secondary N) is 1. The monoisotopic (exact) mass is 444 g/mol. The van der Waals surface area contributed by atoms with Crippen molar-refractivity contribution in [2.45, 2.75) is 25.8 Å². The molecule has 1 aromatic carbocycles. The van der Waals surface area contributed by atoms with Crippen molar-refractivity contribution >= 4 is 22.6 Å². The van der Waals surface area contributed by atoms with Crippen molar-refractivity contribution in [3.8, 4) is 11.3 Å². The molecule has 8 heteroatoms. The summed E-state index contributed by atoms with van der Waals surface area (Å²) in [6.45, 7) is 2.86. The van der Waals surface area contributed by atoms with Crippen LogP contribution in [0.5, 0.6) is 0 Å². The van der Waals surface area contributed by atoms with Crippen molar-refractivity contribution in [2.75, 3.05) is 18.4 Å². The van der Waals surface area contributed by atoms with Gasteiger partial charge >= 0.3 is 0 Å². The summed E-state index contributed by atoms with van der Waals surface area (Å²) >= 11 is 0. The number of likely N-dealkylation sites (tertiary alicyclic amines) is 1. The number of anilines is 1. The normalized spacial score (nSPS) is 14.5. The van der Waals surface area contributed by atoms with Crippen LogP contribution in [0.4, 0.5) is 10.2 Å². The molecule has 1 amide bonds. The van der Waals surface area contributed by atoms with E-state index in [1.165, 1.54) is 31.5 Å². The van der Waals surface area contributed by atoms with Crippen LogP contribution in [0, 0.1) is 5.82 Å². The Kier molecular flexibility index (Phi) is 5.83. The number of aromatic nitrogens is 4. The lowest BCUT2D eigenvalue weighted by molar-refractivity contribution is 0.102. The van der Waals surface area contributed by atoms with Gasteiger partial charge in [0.15, 0.2) is 0 Å². The number of rotatable bonds is 5. The molecule has 0 spiro atoms. The predicted molar refractivity (Wildman–Crippen MR) is 125 cm³/mol. The minimum Gasteiger partial charge on any atom is -0.307 e. The Bertz CT molecular complexity index is 1300. The Balaban J connectivity index is 1.47. The SMILES string of the molecule is Cn1ncc(-c2cc(F)c3cnc(NC(=O)c4ccccc4)cc3n2)c1CN1CCCCC1. The summed E-state index contributed by atoms with van der Waals surface area (Å²) in [7, 11) is 1.90. The standard InChI is InChI=1S/C25H25FN6O/c1-31-23(16-32-10-6-3-7-11-32)19(15-28-31)21-12-20(26)18-14-27-24(13-22(18)29-21)30-25(33)17-8-4-2-5-9-17/h2,4-5,8-9,12-15H,3,6-7,10-11,16H2,1H3,(H,27,30,33). The molecule has 0 aliphatic carbocycles. The minimum atomic E-state index is -0.406. The lowest BCUT2D eigenvalue weighted by atomic mass is 10.1. The molecular formula is C25H25FN6O. The number of pyridine rings is 2. The number of carbonyl (C=O) groups is 1. The van der Waals surface area contributed by atoms with E-state index in [0.29, 0.717) is 28.0 Å². The zero-order valence-corrected chi connectivity index (χ0v) is 18.5. The van der Waals surface area contributed by atoms with Gasteiger partial charge in [-0.2, -0.15) is 5.10 Å². The number of hydrogen-bond donors (Lipinski definition) is 1. The van der Waals surface area contributed by atoms with Gasteiger partial charge in [-0.3, -0.25) is 14.4 Å². The Morgan fingerprint density at radius 2 is 1.88 bits per heavy atom. The Labute approximate surface area is 191 Å². The van der Waals surface area contributed by atoms with Gasteiger partial charge in [0, 0.05) is 43.0 Å². The lowest BCUT2D eigenvalue weighted by Gasteiger charge is -2.26. The lowest BCUT2D eigenvalue weighted by Crippen LogP contribution is -2.30. The maximum absolute atomic E-state index is 15.0. The molecule has 0 bridgehead atoms. The summed E-state index contributed by atoms with van der Waals surface area (Å²) in [5.41, 5.74) is 3.29. The molecule has 4 aromatic rings. The first-order valence-electron chi connectivity index (χ1n) is 11.1. The van der Waals surface area contributed by atoms with Crippen molar-refractivity contribution in [1.29, 1.82) is 0 Å². The van der Waals surface area contributed by atoms with Crippen LogP contribution in [0.15, 0.2) is 54.9 Å². The zero-order chi connectivity index (χ0) is 22.8. The Hall–Kier alpha value is -3.65. The molecular weight excluding hydrogens is 419 g/mol. The van der Waals surface area contributed by atoms with E-state index in [2.05, 4.69) is 20.3 Å². The summed E-state index contributed by atoms with van der Waals surface area (Å²) in [6.07, 6.45) is 6.80. The largest absolute Gasteiger partial charge is 0.307 e. The third-order valence-electron chi connectivity index (χ3n) is 6.08. The number of piperidine rings is 1. The highest BCUT2D eigenvalue weighted by Gasteiger charge is 2.19. The number of benzene rings is 1. The highest BCUT2D eigenvalue weighted by Crippen LogP contribution is 2.28. The van der Waals surface area contributed by atoms with Crippen LogP contribution < -0.4 is 5.32 Å². The van der Waals surface area contributed by atoms with Crippen molar-refractivity contribution in [2.24, 2.45) is 7.05 Å². The molecule has 168 valence electrons. The number of amides is 1. The number of hydrogen-bond acceptors (Lipinski definition) is 5. The summed E-state index contributed by atoms with van der Waals surface area (Å²) < 4.78 is 16.8. The third kappa shape index (κ3) is 4.47. The average molecular weight is 445 g/mol. The molecule has 33 heavy (non-hydrogen) atoms. The van der Waals surface area contributed by atoms with E-state index >= 15 is 0 Å². The van der Waals surface area contributed by atoms with Gasteiger partial charge in [0.2, 0.25) is 0 Å². The minimum absolute atomic E-state index is 0.282. The predicted octanol–water partition coefficient (Wildman–Crippen LogP) is 4.41. The van der Waals surface area contributed by atoms with Gasteiger partial charge in [0.25, 0.3) is 5.91 Å². The Morgan fingerprint density at radius 1 is 1.09 bits per heavy atom. The van der Waals surface area contributed by atoms with E-state index in [1.54, 1.807) is 36.5 Å².